The van der Waals surface area contributed by atoms with Crippen LogP contribution in [-0.4, -0.2) is 6.61 Å². The van der Waals surface area contributed by atoms with Crippen molar-refractivity contribution < 1.29 is 49.7 Å². The van der Waals surface area contributed by atoms with Crippen LogP contribution in [0.25, 0.3) is 0 Å². The fourth-order valence-electron chi connectivity index (χ4n) is 0.478. The topological polar surface area (TPSA) is 122 Å². The van der Waals surface area contributed by atoms with Gasteiger partial charge < -0.3 is 23.8 Å². The zero-order valence-electron chi connectivity index (χ0n) is 7.73. The third-order valence-electron chi connectivity index (χ3n) is 0.978. The molecule has 0 aromatic heterocycles. The van der Waals surface area contributed by atoms with Gasteiger partial charge in [-0.05, 0) is 13.3 Å². The monoisotopic (exact) mass is 299 g/mol. The Kier molecular flexibility index (Phi) is 8.31. The van der Waals surface area contributed by atoms with Crippen molar-refractivity contribution in [2.75, 3.05) is 6.61 Å². The fraction of sp³-hybridized carbons (Fsp3) is 0.600. The van der Waals surface area contributed by atoms with Crippen LogP contribution in [-0.2, 0) is 35.0 Å². The van der Waals surface area contributed by atoms with Crippen molar-refractivity contribution in [2.24, 2.45) is 0 Å². The second-order valence-electron chi connectivity index (χ2n) is 2.52. The summed E-state index contributed by atoms with van der Waals surface area (Å²) in [5, 5.41) is 0. The molecule has 0 rings (SSSR count). The zero-order chi connectivity index (χ0) is 11.4. The molecule has 0 bridgehead atoms. The molecular weight excluding hydrogens is 290 g/mol. The van der Waals surface area contributed by atoms with E-state index in [1.54, 1.807) is 6.92 Å². The minimum absolute atomic E-state index is 0. The van der Waals surface area contributed by atoms with Crippen molar-refractivity contribution in [1.82, 2.24) is 0 Å². The third kappa shape index (κ3) is 12.5. The van der Waals surface area contributed by atoms with Crippen LogP contribution >= 0.6 is 15.6 Å². The molecule has 0 aliphatic rings. The Morgan fingerprint density at radius 1 is 1.33 bits per heavy atom. The molecule has 0 amide bonds. The molecule has 0 aromatic carbocycles. The first-order valence-corrected chi connectivity index (χ1v) is 6.38. The van der Waals surface area contributed by atoms with Gasteiger partial charge in [0.1, 0.15) is 0 Å². The third-order valence-corrected chi connectivity index (χ3v) is 3.08. The zero-order valence-corrected chi connectivity index (χ0v) is 10.6. The second-order valence-corrected chi connectivity index (χ2v) is 5.22. The van der Waals surface area contributed by atoms with E-state index in [9.17, 15) is 23.8 Å². The molecule has 0 saturated carbocycles. The number of hydrogen-bond acceptors (Lipinski definition) is 7. The summed E-state index contributed by atoms with van der Waals surface area (Å²) in [6.45, 7) is 4.78. The average molecular weight is 299 g/mol. The second kappa shape index (κ2) is 6.97. The van der Waals surface area contributed by atoms with Crippen LogP contribution in [0.5, 0.6) is 0 Å². The van der Waals surface area contributed by atoms with E-state index in [1.807, 2.05) is 0 Å². The molecule has 1 atom stereocenters. The summed E-state index contributed by atoms with van der Waals surface area (Å²) >= 11 is 0. The molecule has 0 fully saturated rings. The minimum Gasteiger partial charge on any atom is -0.790 e. The standard InChI is InChI=1S/C5H12O7P2.Fe/c1-5(2)3-4-11-14(9,10)12-13(6,7)8;/h1,3-4H2,2H3,(H,9,10)(H2,6,7,8);/q;+3/p-3. The Morgan fingerprint density at radius 3 is 2.13 bits per heavy atom. The van der Waals surface area contributed by atoms with Gasteiger partial charge in [0.15, 0.2) is 0 Å². The maximum Gasteiger partial charge on any atom is 3.00 e. The van der Waals surface area contributed by atoms with Gasteiger partial charge in [-0.15, -0.1) is 6.58 Å². The van der Waals surface area contributed by atoms with E-state index in [1.165, 1.54) is 0 Å². The van der Waals surface area contributed by atoms with Gasteiger partial charge in [0.2, 0.25) is 0 Å². The minimum atomic E-state index is -5.57. The maximum absolute atomic E-state index is 10.6. The Balaban J connectivity index is 0. The predicted octanol–water partition coefficient (Wildman–Crippen LogP) is -0.720. The molecule has 0 spiro atoms. The summed E-state index contributed by atoms with van der Waals surface area (Å²) < 4.78 is 27.8. The molecule has 0 aliphatic heterocycles. The SMILES string of the molecule is C=C(C)CCOP(=O)([O-])OP(=O)([O-])[O-].[Fe+3]. The van der Waals surface area contributed by atoms with Gasteiger partial charge in [-0.25, -0.2) is 0 Å². The number of phosphoric acid groups is 2. The molecule has 0 aliphatic carbocycles. The van der Waals surface area contributed by atoms with Crippen LogP contribution in [0.2, 0.25) is 0 Å². The summed E-state index contributed by atoms with van der Waals surface area (Å²) in [5.74, 6) is 0. The summed E-state index contributed by atoms with van der Waals surface area (Å²) in [6.07, 6.45) is 0.220. The van der Waals surface area contributed by atoms with E-state index in [-0.39, 0.29) is 30.1 Å². The van der Waals surface area contributed by atoms with Gasteiger partial charge in [0.25, 0.3) is 7.82 Å². The molecule has 0 saturated heterocycles. The molecule has 0 heterocycles. The molecule has 7 nitrogen and oxygen atoms in total. The molecular formula is C5H9FeO7P2. The van der Waals surface area contributed by atoms with Crippen LogP contribution in [0.3, 0.4) is 0 Å². The Hall–Kier alpha value is 0.519. The Morgan fingerprint density at radius 2 is 1.80 bits per heavy atom. The smallest absolute Gasteiger partial charge is 0.790 e. The van der Waals surface area contributed by atoms with E-state index in [0.717, 1.165) is 0 Å². The van der Waals surface area contributed by atoms with Crippen LogP contribution in [0.15, 0.2) is 12.2 Å². The summed E-state index contributed by atoms with van der Waals surface area (Å²) in [5.41, 5.74) is 0.650. The van der Waals surface area contributed by atoms with Gasteiger partial charge >= 0.3 is 17.1 Å². The van der Waals surface area contributed by atoms with Gasteiger partial charge in [0.05, 0.1) is 14.4 Å². The van der Waals surface area contributed by atoms with E-state index in [4.69, 9.17) is 0 Å². The predicted molar refractivity (Wildman–Crippen MR) is 41.7 cm³/mol. The van der Waals surface area contributed by atoms with E-state index >= 15 is 0 Å². The van der Waals surface area contributed by atoms with Crippen molar-refractivity contribution in [3.8, 4) is 0 Å². The quantitative estimate of drug-likeness (QED) is 0.360. The summed E-state index contributed by atoms with van der Waals surface area (Å²) in [6, 6.07) is 0. The van der Waals surface area contributed by atoms with Gasteiger partial charge in [-0.2, -0.15) is 0 Å². The largest absolute Gasteiger partial charge is 3.00 e. The molecule has 15 heavy (non-hydrogen) atoms. The molecule has 0 aromatic rings. The van der Waals surface area contributed by atoms with Crippen LogP contribution in [0.4, 0.5) is 0 Å². The van der Waals surface area contributed by atoms with Gasteiger partial charge in [0, 0.05) is 0 Å². The number of rotatable bonds is 6. The van der Waals surface area contributed by atoms with Crippen molar-refractivity contribution in [3.63, 3.8) is 0 Å². The molecule has 0 N–H and O–H groups in total. The molecule has 89 valence electrons. The first-order valence-electron chi connectivity index (χ1n) is 3.46. The first kappa shape index (κ1) is 17.9. The van der Waals surface area contributed by atoms with Crippen molar-refractivity contribution in [2.45, 2.75) is 13.3 Å². The van der Waals surface area contributed by atoms with E-state index in [2.05, 4.69) is 15.4 Å². The fourth-order valence-corrected chi connectivity index (χ4v) is 1.96. The van der Waals surface area contributed by atoms with Crippen LogP contribution in [0.1, 0.15) is 13.3 Å². The number of phosphoric ester groups is 1. The average Bonchev–Trinajstić information content (AvgIpc) is 1.78. The maximum atomic E-state index is 10.6. The van der Waals surface area contributed by atoms with Crippen LogP contribution < -0.4 is 14.7 Å². The number of hydrogen-bond donors (Lipinski definition) is 0. The van der Waals surface area contributed by atoms with Gasteiger partial charge in [-0.3, -0.25) is 8.88 Å². The summed E-state index contributed by atoms with van der Waals surface area (Å²) in [7, 11) is -10.6. The van der Waals surface area contributed by atoms with Crippen molar-refractivity contribution in [3.05, 3.63) is 12.2 Å². The summed E-state index contributed by atoms with van der Waals surface area (Å²) in [4.78, 5) is 30.5. The normalized spacial score (nSPS) is 15.2. The molecule has 1 unspecified atom stereocenters. The van der Waals surface area contributed by atoms with E-state index in [0.29, 0.717) is 5.57 Å². The Labute approximate surface area is 97.8 Å². The first-order chi connectivity index (χ1) is 6.12. The Bertz CT molecular complexity index is 298. The van der Waals surface area contributed by atoms with E-state index < -0.39 is 15.6 Å². The molecule has 10 heteroatoms. The van der Waals surface area contributed by atoms with Gasteiger partial charge in [-0.1, -0.05) is 5.57 Å². The van der Waals surface area contributed by atoms with Crippen molar-refractivity contribution >= 4 is 15.6 Å². The molecule has 1 radical (unpaired) electrons. The van der Waals surface area contributed by atoms with Crippen molar-refractivity contribution in [1.29, 1.82) is 0 Å². The van der Waals surface area contributed by atoms with Crippen LogP contribution in [0, 0.1) is 0 Å².